The van der Waals surface area contributed by atoms with Gasteiger partial charge in [0, 0.05) is 17.8 Å². The largest absolute Gasteiger partial charge is 0.481 e. The Balaban J connectivity index is 1.50. The number of hydrogen-bond donors (Lipinski definition) is 2. The number of carboxylic acids is 1. The maximum Gasteiger partial charge on any atom is 0.314 e. The van der Waals surface area contributed by atoms with Gasteiger partial charge in [-0.2, -0.15) is 0 Å². The molecule has 150 valence electrons. The lowest BCUT2D eigenvalue weighted by Gasteiger charge is -2.24. The van der Waals surface area contributed by atoms with Crippen LogP contribution in [0, 0.1) is 0 Å². The molecule has 4 aromatic rings. The Kier molecular flexibility index (Phi) is 5.06. The zero-order valence-corrected chi connectivity index (χ0v) is 16.4. The highest BCUT2D eigenvalue weighted by Gasteiger charge is 2.37. The Morgan fingerprint density at radius 1 is 0.967 bits per heavy atom. The third-order valence-corrected chi connectivity index (χ3v) is 5.28. The van der Waals surface area contributed by atoms with Gasteiger partial charge in [0.1, 0.15) is 6.33 Å². The topological polar surface area (TPSA) is 84.2 Å². The Labute approximate surface area is 173 Å². The predicted octanol–water partition coefficient (Wildman–Crippen LogP) is 4.40. The summed E-state index contributed by atoms with van der Waals surface area (Å²) in [6, 6.07) is 24.0. The molecule has 0 aliphatic rings. The average molecular weight is 399 g/mol. The van der Waals surface area contributed by atoms with Crippen LogP contribution in [0.1, 0.15) is 18.9 Å². The van der Waals surface area contributed by atoms with E-state index in [1.54, 1.807) is 49.6 Å². The molecule has 0 unspecified atom stereocenters. The number of carbonyl (C=O) groups is 2. The molecule has 1 atom stereocenters. The number of rotatable bonds is 6. The van der Waals surface area contributed by atoms with Gasteiger partial charge in [-0.05, 0) is 48.9 Å². The number of aromatic nitrogens is 2. The second kappa shape index (κ2) is 7.83. The average Bonchev–Trinajstić information content (AvgIpc) is 3.19. The summed E-state index contributed by atoms with van der Waals surface area (Å²) in [6.45, 7) is 1.57. The third-order valence-electron chi connectivity index (χ3n) is 5.28. The molecule has 0 radical (unpaired) electrons. The third kappa shape index (κ3) is 3.67. The van der Waals surface area contributed by atoms with Crippen LogP contribution in [0.4, 0.5) is 5.69 Å². The van der Waals surface area contributed by atoms with Crippen molar-refractivity contribution in [1.82, 2.24) is 9.55 Å². The van der Waals surface area contributed by atoms with E-state index in [4.69, 9.17) is 0 Å². The van der Waals surface area contributed by atoms with Crippen LogP contribution in [0.3, 0.4) is 0 Å². The van der Waals surface area contributed by atoms with Gasteiger partial charge in [-0.15, -0.1) is 0 Å². The molecule has 0 saturated carbocycles. The molecule has 0 saturated heterocycles. The maximum atomic E-state index is 12.6. The van der Waals surface area contributed by atoms with Crippen LogP contribution in [0.15, 0.2) is 85.2 Å². The number of nitrogens with zero attached hydrogens (tertiary/aromatic N) is 2. The molecule has 1 aromatic heterocycles. The lowest BCUT2D eigenvalue weighted by atomic mass is 9.79. The van der Waals surface area contributed by atoms with Gasteiger partial charge < -0.3 is 10.4 Å². The number of anilines is 1. The number of para-hydroxylation sites is 2. The molecule has 0 fully saturated rings. The van der Waals surface area contributed by atoms with Crippen LogP contribution in [0.25, 0.3) is 16.7 Å². The SMILES string of the molecule is C[C@@](CC(=O)Nc1ccc(-n2cnc3ccccc32)cc1)(C(=O)O)c1ccccc1. The first-order chi connectivity index (χ1) is 14.5. The Bertz CT molecular complexity index is 1200. The molecule has 1 amide bonds. The lowest BCUT2D eigenvalue weighted by Crippen LogP contribution is -2.36. The molecule has 0 spiro atoms. The minimum Gasteiger partial charge on any atom is -0.481 e. The van der Waals surface area contributed by atoms with E-state index in [2.05, 4.69) is 10.3 Å². The number of amides is 1. The Hall–Kier alpha value is -3.93. The van der Waals surface area contributed by atoms with Gasteiger partial charge in [-0.25, -0.2) is 4.98 Å². The highest BCUT2D eigenvalue weighted by Crippen LogP contribution is 2.29. The molecule has 0 bridgehead atoms. The molecule has 2 N–H and O–H groups in total. The summed E-state index contributed by atoms with van der Waals surface area (Å²) < 4.78 is 1.97. The van der Waals surface area contributed by atoms with E-state index in [1.807, 2.05) is 47.0 Å². The van der Waals surface area contributed by atoms with Crippen LogP contribution in [0.5, 0.6) is 0 Å². The van der Waals surface area contributed by atoms with Crippen LogP contribution in [-0.2, 0) is 15.0 Å². The zero-order chi connectivity index (χ0) is 21.1. The molecule has 0 aliphatic carbocycles. The summed E-state index contributed by atoms with van der Waals surface area (Å²) in [5.41, 5.74) is 2.71. The summed E-state index contributed by atoms with van der Waals surface area (Å²) in [5.74, 6) is -1.39. The molecule has 30 heavy (non-hydrogen) atoms. The van der Waals surface area contributed by atoms with Gasteiger partial charge in [-0.3, -0.25) is 14.2 Å². The molecule has 6 heteroatoms. The summed E-state index contributed by atoms with van der Waals surface area (Å²) in [5, 5.41) is 12.5. The predicted molar refractivity (Wildman–Crippen MR) is 116 cm³/mol. The van der Waals surface area contributed by atoms with Gasteiger partial charge in [0.2, 0.25) is 5.91 Å². The number of hydrogen-bond acceptors (Lipinski definition) is 3. The van der Waals surface area contributed by atoms with Gasteiger partial charge in [0.05, 0.1) is 16.4 Å². The zero-order valence-electron chi connectivity index (χ0n) is 16.4. The van der Waals surface area contributed by atoms with Crippen molar-refractivity contribution in [3.8, 4) is 5.69 Å². The molecule has 6 nitrogen and oxygen atoms in total. The highest BCUT2D eigenvalue weighted by molar-refractivity contribution is 5.96. The highest BCUT2D eigenvalue weighted by atomic mass is 16.4. The van der Waals surface area contributed by atoms with Crippen molar-refractivity contribution in [3.05, 3.63) is 90.8 Å². The molecule has 1 heterocycles. The molecular formula is C24H21N3O3. The lowest BCUT2D eigenvalue weighted by molar-refractivity contribution is -0.145. The van der Waals surface area contributed by atoms with E-state index in [0.717, 1.165) is 16.7 Å². The normalized spacial score (nSPS) is 13.0. The van der Waals surface area contributed by atoms with Gasteiger partial charge in [0.25, 0.3) is 0 Å². The van der Waals surface area contributed by atoms with Crippen molar-refractivity contribution in [1.29, 1.82) is 0 Å². The molecule has 3 aromatic carbocycles. The number of nitrogens with one attached hydrogen (secondary N) is 1. The van der Waals surface area contributed by atoms with Crippen LogP contribution in [-0.4, -0.2) is 26.5 Å². The fraction of sp³-hybridized carbons (Fsp3) is 0.125. The minimum atomic E-state index is -1.30. The quantitative estimate of drug-likeness (QED) is 0.503. The van der Waals surface area contributed by atoms with Crippen LogP contribution >= 0.6 is 0 Å². The van der Waals surface area contributed by atoms with Crippen molar-refractivity contribution in [2.24, 2.45) is 0 Å². The van der Waals surface area contributed by atoms with Crippen molar-refractivity contribution in [2.75, 3.05) is 5.32 Å². The summed E-state index contributed by atoms with van der Waals surface area (Å²) in [4.78, 5) is 28.9. The standard InChI is InChI=1S/C24H21N3O3/c1-24(23(29)30,17-7-3-2-4-8-17)15-22(28)26-18-11-13-19(14-12-18)27-16-25-20-9-5-6-10-21(20)27/h2-14,16H,15H2,1H3,(H,26,28)(H,29,30)/t24-/m0/s1. The Morgan fingerprint density at radius 3 is 2.33 bits per heavy atom. The van der Waals surface area contributed by atoms with Gasteiger partial charge in [0.15, 0.2) is 0 Å². The Morgan fingerprint density at radius 2 is 1.63 bits per heavy atom. The second-order valence-corrected chi connectivity index (χ2v) is 7.38. The number of aliphatic carboxylic acids is 1. The first kappa shape index (κ1) is 19.4. The van der Waals surface area contributed by atoms with Crippen molar-refractivity contribution >= 4 is 28.6 Å². The van der Waals surface area contributed by atoms with E-state index < -0.39 is 11.4 Å². The first-order valence-electron chi connectivity index (χ1n) is 9.59. The van der Waals surface area contributed by atoms with E-state index in [0.29, 0.717) is 11.3 Å². The smallest absolute Gasteiger partial charge is 0.314 e. The fourth-order valence-electron chi connectivity index (χ4n) is 3.50. The maximum absolute atomic E-state index is 12.6. The van der Waals surface area contributed by atoms with Crippen LogP contribution in [0.2, 0.25) is 0 Å². The van der Waals surface area contributed by atoms with Crippen molar-refractivity contribution in [2.45, 2.75) is 18.8 Å². The first-order valence-corrected chi connectivity index (χ1v) is 9.59. The number of fused-ring (bicyclic) bond motifs is 1. The summed E-state index contributed by atoms with van der Waals surface area (Å²) in [6.07, 6.45) is 1.59. The number of carbonyl (C=O) groups excluding carboxylic acids is 1. The molecular weight excluding hydrogens is 378 g/mol. The van der Waals surface area contributed by atoms with E-state index in [1.165, 1.54) is 0 Å². The van der Waals surface area contributed by atoms with Gasteiger partial charge >= 0.3 is 5.97 Å². The van der Waals surface area contributed by atoms with E-state index in [9.17, 15) is 14.7 Å². The second-order valence-electron chi connectivity index (χ2n) is 7.38. The van der Waals surface area contributed by atoms with Gasteiger partial charge in [-0.1, -0.05) is 42.5 Å². The summed E-state index contributed by atoms with van der Waals surface area (Å²) >= 11 is 0. The molecule has 4 rings (SSSR count). The number of carboxylic acid groups (broad SMARTS) is 1. The van der Waals surface area contributed by atoms with Crippen molar-refractivity contribution in [3.63, 3.8) is 0 Å². The van der Waals surface area contributed by atoms with E-state index >= 15 is 0 Å². The van der Waals surface area contributed by atoms with Crippen molar-refractivity contribution < 1.29 is 14.7 Å². The summed E-state index contributed by atoms with van der Waals surface area (Å²) in [7, 11) is 0. The number of imidazole rings is 1. The van der Waals surface area contributed by atoms with E-state index in [-0.39, 0.29) is 12.3 Å². The fourth-order valence-corrected chi connectivity index (χ4v) is 3.50. The van der Waals surface area contributed by atoms with Crippen LogP contribution < -0.4 is 5.32 Å². The monoisotopic (exact) mass is 399 g/mol. The number of benzene rings is 3. The molecule has 0 aliphatic heterocycles. The minimum absolute atomic E-state index is 0.166.